The number of carbonyl (C=O) groups excluding carboxylic acids is 1. The van der Waals surface area contributed by atoms with Crippen molar-refractivity contribution in [2.24, 2.45) is 0 Å². The monoisotopic (exact) mass is 291 g/mol. The van der Waals surface area contributed by atoms with Gasteiger partial charge >= 0.3 is 12.1 Å². The van der Waals surface area contributed by atoms with Crippen molar-refractivity contribution in [3.05, 3.63) is 35.4 Å². The third kappa shape index (κ3) is 4.54. The number of rotatable bonds is 5. The summed E-state index contributed by atoms with van der Waals surface area (Å²) in [6.07, 6.45) is -4.92. The largest absolute Gasteiger partial charge is 0.480 e. The van der Waals surface area contributed by atoms with Crippen LogP contribution in [0, 0.1) is 0 Å². The molecule has 5 nitrogen and oxygen atoms in total. The van der Waals surface area contributed by atoms with Gasteiger partial charge in [-0.3, -0.25) is 4.79 Å². The molecule has 0 fully saturated rings. The van der Waals surface area contributed by atoms with Gasteiger partial charge in [0.25, 0.3) is 0 Å². The Bertz CT molecular complexity index is 502. The number of benzene rings is 1. The number of hydrogen-bond donors (Lipinski definition) is 3. The van der Waals surface area contributed by atoms with E-state index in [9.17, 15) is 22.8 Å². The van der Waals surface area contributed by atoms with E-state index in [2.05, 4.69) is 0 Å². The van der Waals surface area contributed by atoms with Gasteiger partial charge in [-0.2, -0.15) is 13.2 Å². The predicted octanol–water partition coefficient (Wildman–Crippen LogP) is 0.810. The number of aliphatic hydroxyl groups is 1. The fraction of sp³-hybridized carbons (Fsp3) is 0.333. The topological polar surface area (TPSA) is 86.6 Å². The highest BCUT2D eigenvalue weighted by Gasteiger charge is 2.30. The maximum atomic E-state index is 12.5. The zero-order valence-corrected chi connectivity index (χ0v) is 10.1. The molecule has 1 aromatic rings. The van der Waals surface area contributed by atoms with Crippen molar-refractivity contribution >= 4 is 11.9 Å². The lowest BCUT2D eigenvalue weighted by atomic mass is 10.1. The molecule has 0 saturated carbocycles. The summed E-state index contributed by atoms with van der Waals surface area (Å²) in [6.45, 7) is -0.802. The van der Waals surface area contributed by atoms with Crippen molar-refractivity contribution in [1.29, 1.82) is 0 Å². The Morgan fingerprint density at radius 1 is 1.30 bits per heavy atom. The van der Waals surface area contributed by atoms with Gasteiger partial charge in [0, 0.05) is 0 Å². The van der Waals surface area contributed by atoms with Crippen LogP contribution in [0.1, 0.15) is 11.1 Å². The zero-order chi connectivity index (χ0) is 15.3. The summed E-state index contributed by atoms with van der Waals surface area (Å²) in [4.78, 5) is 22.1. The molecule has 20 heavy (non-hydrogen) atoms. The Hall–Kier alpha value is -2.09. The van der Waals surface area contributed by atoms with Crippen LogP contribution in [0.3, 0.4) is 0 Å². The molecule has 0 spiro atoms. The van der Waals surface area contributed by atoms with Gasteiger partial charge in [-0.15, -0.1) is 0 Å². The lowest BCUT2D eigenvalue weighted by Crippen LogP contribution is -2.43. The van der Waals surface area contributed by atoms with E-state index in [0.717, 1.165) is 18.2 Å². The van der Waals surface area contributed by atoms with Gasteiger partial charge in [0.15, 0.2) is 0 Å². The van der Waals surface area contributed by atoms with Crippen molar-refractivity contribution in [2.45, 2.75) is 18.6 Å². The van der Waals surface area contributed by atoms with Crippen molar-refractivity contribution in [2.75, 3.05) is 6.61 Å². The van der Waals surface area contributed by atoms with Crippen LogP contribution < -0.4 is 5.32 Å². The lowest BCUT2D eigenvalue weighted by Gasteiger charge is -2.12. The van der Waals surface area contributed by atoms with E-state index in [-0.39, 0.29) is 5.56 Å². The number of aliphatic carboxylic acids is 1. The molecule has 1 atom stereocenters. The number of alkyl halides is 3. The van der Waals surface area contributed by atoms with E-state index in [1.807, 2.05) is 5.32 Å². The Morgan fingerprint density at radius 2 is 1.95 bits per heavy atom. The van der Waals surface area contributed by atoms with Crippen LogP contribution in [-0.2, 0) is 22.2 Å². The quantitative estimate of drug-likeness (QED) is 0.749. The second-order valence-electron chi connectivity index (χ2n) is 4.02. The number of nitrogens with one attached hydrogen (secondary N) is 1. The molecule has 1 amide bonds. The van der Waals surface area contributed by atoms with E-state index in [1.54, 1.807) is 0 Å². The summed E-state index contributed by atoms with van der Waals surface area (Å²) >= 11 is 0. The summed E-state index contributed by atoms with van der Waals surface area (Å²) < 4.78 is 37.4. The molecule has 1 aromatic carbocycles. The van der Waals surface area contributed by atoms with E-state index < -0.39 is 42.7 Å². The van der Waals surface area contributed by atoms with E-state index in [1.165, 1.54) is 6.07 Å². The first-order chi connectivity index (χ1) is 9.24. The first-order valence-electron chi connectivity index (χ1n) is 5.53. The molecule has 0 aliphatic carbocycles. The Labute approximate surface area is 112 Å². The molecule has 110 valence electrons. The average Bonchev–Trinajstić information content (AvgIpc) is 2.34. The van der Waals surface area contributed by atoms with E-state index >= 15 is 0 Å². The van der Waals surface area contributed by atoms with Crippen LogP contribution in [0.4, 0.5) is 13.2 Å². The van der Waals surface area contributed by atoms with Crippen LogP contribution in [0.15, 0.2) is 24.3 Å². The molecule has 0 aliphatic heterocycles. The first kappa shape index (κ1) is 16.0. The summed E-state index contributed by atoms with van der Waals surface area (Å²) in [7, 11) is 0. The van der Waals surface area contributed by atoms with Gasteiger partial charge in [-0.1, -0.05) is 18.2 Å². The fourth-order valence-corrected chi connectivity index (χ4v) is 1.47. The smallest absolute Gasteiger partial charge is 0.416 e. The van der Waals surface area contributed by atoms with Gasteiger partial charge in [-0.25, -0.2) is 4.79 Å². The first-order valence-corrected chi connectivity index (χ1v) is 5.53. The van der Waals surface area contributed by atoms with Crippen LogP contribution >= 0.6 is 0 Å². The van der Waals surface area contributed by atoms with Gasteiger partial charge in [0.05, 0.1) is 18.6 Å². The average molecular weight is 291 g/mol. The van der Waals surface area contributed by atoms with Crippen LogP contribution in [0.25, 0.3) is 0 Å². The minimum absolute atomic E-state index is 0.0967. The number of carboxylic acid groups (broad SMARTS) is 1. The van der Waals surface area contributed by atoms with Crippen molar-refractivity contribution in [3.63, 3.8) is 0 Å². The third-order valence-electron chi connectivity index (χ3n) is 2.43. The third-order valence-corrected chi connectivity index (χ3v) is 2.43. The van der Waals surface area contributed by atoms with Crippen molar-refractivity contribution in [3.8, 4) is 0 Å². The van der Waals surface area contributed by atoms with Gasteiger partial charge in [-0.05, 0) is 11.6 Å². The molecule has 0 aromatic heterocycles. The number of carboxylic acids is 1. The molecule has 3 N–H and O–H groups in total. The zero-order valence-electron chi connectivity index (χ0n) is 10.1. The highest BCUT2D eigenvalue weighted by Crippen LogP contribution is 2.29. The minimum atomic E-state index is -4.51. The molecular formula is C12H12F3NO4. The second-order valence-corrected chi connectivity index (χ2v) is 4.02. The second kappa shape index (κ2) is 6.38. The molecular weight excluding hydrogens is 279 g/mol. The van der Waals surface area contributed by atoms with Gasteiger partial charge in [0.2, 0.25) is 5.91 Å². The van der Waals surface area contributed by atoms with E-state index in [0.29, 0.717) is 0 Å². The number of amides is 1. The fourth-order valence-electron chi connectivity index (χ4n) is 1.47. The molecule has 0 aliphatic rings. The summed E-state index contributed by atoms with van der Waals surface area (Å²) in [5.74, 6) is -2.21. The lowest BCUT2D eigenvalue weighted by molar-refractivity contribution is -0.142. The molecule has 0 heterocycles. The summed E-state index contributed by atoms with van der Waals surface area (Å²) in [5.41, 5.74) is -0.792. The predicted molar refractivity (Wildman–Crippen MR) is 61.8 cm³/mol. The Morgan fingerprint density at radius 3 is 2.45 bits per heavy atom. The molecule has 8 heteroatoms. The van der Waals surface area contributed by atoms with Gasteiger partial charge in [0.1, 0.15) is 6.04 Å². The minimum Gasteiger partial charge on any atom is -0.480 e. The van der Waals surface area contributed by atoms with E-state index in [4.69, 9.17) is 10.2 Å². The number of hydrogen-bond acceptors (Lipinski definition) is 3. The van der Waals surface area contributed by atoms with Crippen LogP contribution in [0.2, 0.25) is 0 Å². The number of halogens is 3. The maximum Gasteiger partial charge on any atom is 0.416 e. The van der Waals surface area contributed by atoms with Crippen LogP contribution in [-0.4, -0.2) is 34.7 Å². The normalized spacial score (nSPS) is 12.8. The molecule has 0 bridgehead atoms. The molecule has 1 unspecified atom stereocenters. The highest BCUT2D eigenvalue weighted by molar-refractivity contribution is 5.84. The molecule has 0 saturated heterocycles. The van der Waals surface area contributed by atoms with Crippen LogP contribution in [0.5, 0.6) is 0 Å². The summed E-state index contributed by atoms with van der Waals surface area (Å²) in [6, 6.07) is 2.69. The molecule has 0 radical (unpaired) electrons. The maximum absolute atomic E-state index is 12.5. The van der Waals surface area contributed by atoms with Crippen molar-refractivity contribution < 1.29 is 33.0 Å². The SMILES string of the molecule is O=C(Cc1cccc(C(F)(F)F)c1)NC(CO)C(=O)O. The highest BCUT2D eigenvalue weighted by atomic mass is 19.4. The standard InChI is InChI=1S/C12H12F3NO4/c13-12(14,15)8-3-1-2-7(4-8)5-10(18)16-9(6-17)11(19)20/h1-4,9,17H,5-6H2,(H,16,18)(H,19,20). The Balaban J connectivity index is 2.74. The molecule has 1 rings (SSSR count). The number of aliphatic hydroxyl groups excluding tert-OH is 1. The Kier molecular flexibility index (Phi) is 5.09. The number of carbonyl (C=O) groups is 2. The van der Waals surface area contributed by atoms with Crippen molar-refractivity contribution in [1.82, 2.24) is 5.32 Å². The van der Waals surface area contributed by atoms with Gasteiger partial charge < -0.3 is 15.5 Å². The summed E-state index contributed by atoms with van der Waals surface area (Å²) in [5, 5.41) is 19.3.